The molecular weight excluding hydrogens is 282 g/mol. The fourth-order valence-electron chi connectivity index (χ4n) is 2.39. The van der Waals surface area contributed by atoms with Crippen LogP contribution in [0.4, 0.5) is 5.69 Å². The summed E-state index contributed by atoms with van der Waals surface area (Å²) in [5.41, 5.74) is 2.73. The third-order valence-corrected chi connectivity index (χ3v) is 4.03. The summed E-state index contributed by atoms with van der Waals surface area (Å²) in [4.78, 5) is 12.6. The molecule has 2 aromatic carbocycles. The van der Waals surface area contributed by atoms with Gasteiger partial charge in [0.25, 0.3) is 0 Å². The molecule has 1 N–H and O–H groups in total. The van der Waals surface area contributed by atoms with E-state index in [0.717, 1.165) is 29.7 Å². The van der Waals surface area contributed by atoms with E-state index in [-0.39, 0.29) is 11.8 Å². The number of hydrogen-bond donors (Lipinski definition) is 1. The van der Waals surface area contributed by atoms with Gasteiger partial charge in [-0.2, -0.15) is 0 Å². The topological polar surface area (TPSA) is 29.1 Å². The molecule has 2 nitrogen and oxygen atoms in total. The number of benzene rings is 2. The number of carbonyl (C=O) groups is 1. The Bertz CT molecular complexity index is 610. The molecule has 2 rings (SSSR count). The van der Waals surface area contributed by atoms with Crippen LogP contribution in [0.5, 0.6) is 0 Å². The Balaban J connectivity index is 2.21. The van der Waals surface area contributed by atoms with Gasteiger partial charge in [-0.15, -0.1) is 0 Å². The van der Waals surface area contributed by atoms with E-state index in [1.54, 1.807) is 0 Å². The van der Waals surface area contributed by atoms with Crippen molar-refractivity contribution < 1.29 is 4.79 Å². The van der Waals surface area contributed by atoms with Crippen LogP contribution in [0.2, 0.25) is 5.02 Å². The Morgan fingerprint density at radius 3 is 2.52 bits per heavy atom. The first-order chi connectivity index (χ1) is 10.1. The smallest absolute Gasteiger partial charge is 0.231 e. The third kappa shape index (κ3) is 3.85. The Hall–Kier alpha value is -1.80. The molecule has 0 aromatic heterocycles. The maximum atomic E-state index is 12.6. The van der Waals surface area contributed by atoms with Gasteiger partial charge in [-0.3, -0.25) is 4.79 Å². The van der Waals surface area contributed by atoms with Gasteiger partial charge in [0, 0.05) is 10.7 Å². The van der Waals surface area contributed by atoms with E-state index < -0.39 is 0 Å². The van der Waals surface area contributed by atoms with Gasteiger partial charge >= 0.3 is 0 Å². The molecule has 0 heterocycles. The molecule has 0 bridgehead atoms. The summed E-state index contributed by atoms with van der Waals surface area (Å²) in [6.07, 6.45) is 1.79. The molecule has 21 heavy (non-hydrogen) atoms. The van der Waals surface area contributed by atoms with Crippen LogP contribution in [-0.2, 0) is 4.79 Å². The van der Waals surface area contributed by atoms with Gasteiger partial charge in [0.1, 0.15) is 0 Å². The van der Waals surface area contributed by atoms with Crippen LogP contribution >= 0.6 is 11.6 Å². The lowest BCUT2D eigenvalue weighted by Crippen LogP contribution is -2.21. The van der Waals surface area contributed by atoms with Crippen molar-refractivity contribution in [1.82, 2.24) is 0 Å². The number of nitrogens with one attached hydrogen (secondary N) is 1. The standard InChI is InChI=1S/C18H20ClNO/c1-3-8-15(14-9-5-4-6-10-14)18(21)20-17-12-7-11-16(19)13(17)2/h4-7,9-12,15H,3,8H2,1-2H3,(H,20,21). The molecule has 1 unspecified atom stereocenters. The molecule has 0 aliphatic carbocycles. The van der Waals surface area contributed by atoms with Crippen LogP contribution in [0.25, 0.3) is 0 Å². The number of anilines is 1. The van der Waals surface area contributed by atoms with Crippen LogP contribution < -0.4 is 5.32 Å². The van der Waals surface area contributed by atoms with Crippen LogP contribution in [-0.4, -0.2) is 5.91 Å². The zero-order chi connectivity index (χ0) is 15.2. The number of hydrogen-bond acceptors (Lipinski definition) is 1. The minimum atomic E-state index is -0.130. The van der Waals surface area contributed by atoms with Crippen molar-refractivity contribution in [3.63, 3.8) is 0 Å². The van der Waals surface area contributed by atoms with Crippen molar-refractivity contribution in [1.29, 1.82) is 0 Å². The number of carbonyl (C=O) groups excluding carboxylic acids is 1. The van der Waals surface area contributed by atoms with Gasteiger partial charge in [-0.1, -0.05) is 61.3 Å². The summed E-state index contributed by atoms with van der Waals surface area (Å²) in [7, 11) is 0. The first-order valence-electron chi connectivity index (χ1n) is 7.24. The highest BCUT2D eigenvalue weighted by Crippen LogP contribution is 2.27. The van der Waals surface area contributed by atoms with Crippen molar-refractivity contribution in [2.75, 3.05) is 5.32 Å². The van der Waals surface area contributed by atoms with Gasteiger partial charge in [0.05, 0.1) is 5.92 Å². The van der Waals surface area contributed by atoms with E-state index in [9.17, 15) is 4.79 Å². The normalized spacial score (nSPS) is 12.0. The highest BCUT2D eigenvalue weighted by molar-refractivity contribution is 6.31. The quantitative estimate of drug-likeness (QED) is 0.811. The number of amides is 1. The van der Waals surface area contributed by atoms with E-state index in [1.807, 2.05) is 55.5 Å². The maximum Gasteiger partial charge on any atom is 0.231 e. The lowest BCUT2D eigenvalue weighted by Gasteiger charge is -2.18. The molecule has 110 valence electrons. The van der Waals surface area contributed by atoms with Crippen molar-refractivity contribution in [2.45, 2.75) is 32.6 Å². The molecule has 0 radical (unpaired) electrons. The minimum Gasteiger partial charge on any atom is -0.325 e. The largest absolute Gasteiger partial charge is 0.325 e. The SMILES string of the molecule is CCCC(C(=O)Nc1cccc(Cl)c1C)c1ccccc1. The maximum absolute atomic E-state index is 12.6. The van der Waals surface area contributed by atoms with Crippen LogP contribution in [0.15, 0.2) is 48.5 Å². The second-order valence-electron chi connectivity index (χ2n) is 5.15. The van der Waals surface area contributed by atoms with E-state index in [1.165, 1.54) is 0 Å². The molecule has 0 saturated carbocycles. The highest BCUT2D eigenvalue weighted by Gasteiger charge is 2.20. The fraction of sp³-hybridized carbons (Fsp3) is 0.278. The number of rotatable bonds is 5. The summed E-state index contributed by atoms with van der Waals surface area (Å²) in [5.74, 6) is -0.108. The third-order valence-electron chi connectivity index (χ3n) is 3.62. The summed E-state index contributed by atoms with van der Waals surface area (Å²) in [6, 6.07) is 15.5. The van der Waals surface area contributed by atoms with Crippen molar-refractivity contribution in [3.8, 4) is 0 Å². The van der Waals surface area contributed by atoms with E-state index in [4.69, 9.17) is 11.6 Å². The first-order valence-corrected chi connectivity index (χ1v) is 7.62. The monoisotopic (exact) mass is 301 g/mol. The van der Waals surface area contributed by atoms with Crippen molar-refractivity contribution >= 4 is 23.2 Å². The highest BCUT2D eigenvalue weighted by atomic mass is 35.5. The van der Waals surface area contributed by atoms with Gasteiger partial charge in [0.2, 0.25) is 5.91 Å². The zero-order valence-electron chi connectivity index (χ0n) is 12.4. The molecule has 0 saturated heterocycles. The molecule has 0 spiro atoms. The molecule has 1 amide bonds. The Morgan fingerprint density at radius 2 is 1.86 bits per heavy atom. The fourth-order valence-corrected chi connectivity index (χ4v) is 2.56. The minimum absolute atomic E-state index is 0.0217. The Morgan fingerprint density at radius 1 is 1.14 bits per heavy atom. The van der Waals surface area contributed by atoms with Gasteiger partial charge in [0.15, 0.2) is 0 Å². The van der Waals surface area contributed by atoms with E-state index in [0.29, 0.717) is 5.02 Å². The molecule has 1 atom stereocenters. The zero-order valence-corrected chi connectivity index (χ0v) is 13.2. The molecule has 0 aliphatic rings. The second-order valence-corrected chi connectivity index (χ2v) is 5.56. The van der Waals surface area contributed by atoms with E-state index >= 15 is 0 Å². The molecule has 2 aromatic rings. The average molecular weight is 302 g/mol. The van der Waals surface area contributed by atoms with Gasteiger partial charge in [-0.05, 0) is 36.6 Å². The molecule has 0 aliphatic heterocycles. The lowest BCUT2D eigenvalue weighted by molar-refractivity contribution is -0.117. The molecule has 3 heteroatoms. The van der Waals surface area contributed by atoms with E-state index in [2.05, 4.69) is 12.2 Å². The van der Waals surface area contributed by atoms with Crippen LogP contribution in [0.1, 0.15) is 36.8 Å². The Kier molecular flexibility index (Phi) is 5.40. The summed E-state index contributed by atoms with van der Waals surface area (Å²) in [6.45, 7) is 4.00. The number of halogens is 1. The first kappa shape index (κ1) is 15.6. The van der Waals surface area contributed by atoms with Crippen molar-refractivity contribution in [3.05, 3.63) is 64.7 Å². The summed E-state index contributed by atoms with van der Waals surface area (Å²) >= 11 is 6.10. The summed E-state index contributed by atoms with van der Waals surface area (Å²) < 4.78 is 0. The Labute approximate surface area is 131 Å². The molecular formula is C18H20ClNO. The summed E-state index contributed by atoms with van der Waals surface area (Å²) in [5, 5.41) is 3.68. The van der Waals surface area contributed by atoms with Crippen LogP contribution in [0, 0.1) is 6.92 Å². The lowest BCUT2D eigenvalue weighted by atomic mass is 9.93. The predicted molar refractivity (Wildman–Crippen MR) is 88.9 cm³/mol. The average Bonchev–Trinajstić information content (AvgIpc) is 2.50. The second kappa shape index (κ2) is 7.28. The van der Waals surface area contributed by atoms with Gasteiger partial charge < -0.3 is 5.32 Å². The van der Waals surface area contributed by atoms with Gasteiger partial charge in [-0.25, -0.2) is 0 Å². The molecule has 0 fully saturated rings. The van der Waals surface area contributed by atoms with Crippen LogP contribution in [0.3, 0.4) is 0 Å². The predicted octanol–water partition coefficient (Wildman–Crippen LogP) is 5.17. The van der Waals surface area contributed by atoms with Crippen molar-refractivity contribution in [2.24, 2.45) is 0 Å².